The van der Waals surface area contributed by atoms with Crippen molar-refractivity contribution in [3.8, 4) is 5.75 Å². The second kappa shape index (κ2) is 7.21. The van der Waals surface area contributed by atoms with Crippen LogP contribution >= 0.6 is 0 Å². The summed E-state index contributed by atoms with van der Waals surface area (Å²) in [5.74, 6) is 0.883. The molecule has 0 spiro atoms. The first kappa shape index (κ1) is 19.3. The third-order valence-corrected chi connectivity index (χ3v) is 3.83. The van der Waals surface area contributed by atoms with Gasteiger partial charge in [-0.05, 0) is 51.3 Å². The van der Waals surface area contributed by atoms with Crippen molar-refractivity contribution in [1.29, 1.82) is 0 Å². The number of hydrogen-bond donors (Lipinski definition) is 2. The summed E-state index contributed by atoms with van der Waals surface area (Å²) in [7, 11) is 1.67. The Morgan fingerprint density at radius 2 is 1.70 bits per heavy atom. The monoisotopic (exact) mass is 322 g/mol. The van der Waals surface area contributed by atoms with Gasteiger partial charge in [-0.1, -0.05) is 19.1 Å². The second-order valence-corrected chi connectivity index (χ2v) is 7.26. The fourth-order valence-corrected chi connectivity index (χ4v) is 2.49. The van der Waals surface area contributed by atoms with Crippen LogP contribution in [0.2, 0.25) is 0 Å². The number of rotatable bonds is 5. The SMILES string of the molecule is COc1c(C)cc(C(C)(CN)CNC(=O)OC(C)(C)C)cc1C. The molecule has 0 aliphatic heterocycles. The molecule has 0 aliphatic rings. The Hall–Kier alpha value is -1.75. The molecule has 23 heavy (non-hydrogen) atoms. The van der Waals surface area contributed by atoms with Crippen LogP contribution in [0.25, 0.3) is 0 Å². The molecule has 5 heteroatoms. The van der Waals surface area contributed by atoms with Crippen molar-refractivity contribution in [2.75, 3.05) is 20.2 Å². The average Bonchev–Trinajstić information content (AvgIpc) is 2.42. The van der Waals surface area contributed by atoms with Crippen LogP contribution in [0.5, 0.6) is 5.75 Å². The first-order chi connectivity index (χ1) is 10.5. The summed E-state index contributed by atoms with van der Waals surface area (Å²) in [6.45, 7) is 12.4. The maximum absolute atomic E-state index is 11.9. The van der Waals surface area contributed by atoms with Crippen LogP contribution in [0, 0.1) is 13.8 Å². The molecule has 0 saturated heterocycles. The van der Waals surface area contributed by atoms with Crippen molar-refractivity contribution >= 4 is 6.09 Å². The van der Waals surface area contributed by atoms with E-state index in [4.69, 9.17) is 15.2 Å². The third kappa shape index (κ3) is 5.13. The lowest BCUT2D eigenvalue weighted by Gasteiger charge is -2.30. The predicted molar refractivity (Wildman–Crippen MR) is 93.1 cm³/mol. The summed E-state index contributed by atoms with van der Waals surface area (Å²) in [5, 5.41) is 2.82. The Balaban J connectivity index is 2.95. The number of aryl methyl sites for hydroxylation is 2. The van der Waals surface area contributed by atoms with Gasteiger partial charge in [-0.2, -0.15) is 0 Å². The Morgan fingerprint density at radius 1 is 1.17 bits per heavy atom. The summed E-state index contributed by atoms with van der Waals surface area (Å²) in [4.78, 5) is 11.9. The molecule has 1 aromatic rings. The van der Waals surface area contributed by atoms with E-state index in [-0.39, 0.29) is 5.41 Å². The summed E-state index contributed by atoms with van der Waals surface area (Å²) in [6, 6.07) is 4.13. The van der Waals surface area contributed by atoms with E-state index >= 15 is 0 Å². The molecular formula is C18H30N2O3. The van der Waals surface area contributed by atoms with Crippen LogP contribution in [0.1, 0.15) is 44.4 Å². The number of methoxy groups -OCH3 is 1. The molecule has 1 aromatic carbocycles. The van der Waals surface area contributed by atoms with Crippen LogP contribution < -0.4 is 15.8 Å². The largest absolute Gasteiger partial charge is 0.496 e. The first-order valence-electron chi connectivity index (χ1n) is 7.85. The molecule has 1 atom stereocenters. The van der Waals surface area contributed by atoms with E-state index in [1.54, 1.807) is 7.11 Å². The maximum atomic E-state index is 11.9. The standard InChI is InChI=1S/C18H30N2O3/c1-12-8-14(9-13(2)15(12)22-7)18(6,10-19)11-20-16(21)23-17(3,4)5/h8-9H,10-11,19H2,1-7H3,(H,20,21). The summed E-state index contributed by atoms with van der Waals surface area (Å²) in [5.41, 5.74) is 8.29. The van der Waals surface area contributed by atoms with Crippen molar-refractivity contribution in [2.24, 2.45) is 5.73 Å². The Morgan fingerprint density at radius 3 is 2.09 bits per heavy atom. The van der Waals surface area contributed by atoms with Gasteiger partial charge in [0.25, 0.3) is 0 Å². The van der Waals surface area contributed by atoms with Crippen molar-refractivity contribution in [2.45, 2.75) is 52.6 Å². The van der Waals surface area contributed by atoms with Crippen LogP contribution in [-0.2, 0) is 10.2 Å². The number of alkyl carbamates (subject to hydrolysis) is 1. The molecule has 0 heterocycles. The molecule has 0 fully saturated rings. The highest BCUT2D eigenvalue weighted by atomic mass is 16.6. The Labute approximate surface area is 139 Å². The smallest absolute Gasteiger partial charge is 0.407 e. The molecular weight excluding hydrogens is 292 g/mol. The zero-order valence-corrected chi connectivity index (χ0v) is 15.4. The zero-order valence-electron chi connectivity index (χ0n) is 15.4. The van der Waals surface area contributed by atoms with Gasteiger partial charge in [-0.15, -0.1) is 0 Å². The number of carbonyl (C=O) groups excluding carboxylic acids is 1. The lowest BCUT2D eigenvalue weighted by molar-refractivity contribution is 0.0516. The maximum Gasteiger partial charge on any atom is 0.407 e. The van der Waals surface area contributed by atoms with Gasteiger partial charge in [-0.25, -0.2) is 4.79 Å². The normalized spacial score (nSPS) is 14.1. The minimum atomic E-state index is -0.517. The minimum absolute atomic E-state index is 0.376. The molecule has 0 saturated carbocycles. The lowest BCUT2D eigenvalue weighted by Crippen LogP contribution is -2.45. The highest BCUT2D eigenvalue weighted by Crippen LogP contribution is 2.30. The molecule has 0 bridgehead atoms. The number of nitrogens with one attached hydrogen (secondary N) is 1. The molecule has 0 radical (unpaired) electrons. The van der Waals surface area contributed by atoms with Gasteiger partial charge >= 0.3 is 6.09 Å². The molecule has 5 nitrogen and oxygen atoms in total. The topological polar surface area (TPSA) is 73.6 Å². The van der Waals surface area contributed by atoms with Crippen LogP contribution in [-0.4, -0.2) is 31.9 Å². The molecule has 1 unspecified atom stereocenters. The van der Waals surface area contributed by atoms with Gasteiger partial charge in [0.15, 0.2) is 0 Å². The zero-order chi connectivity index (χ0) is 17.8. The molecule has 1 amide bonds. The van der Waals surface area contributed by atoms with Crippen LogP contribution in [0.4, 0.5) is 4.79 Å². The van der Waals surface area contributed by atoms with E-state index in [0.717, 1.165) is 22.4 Å². The van der Waals surface area contributed by atoms with E-state index in [1.807, 2.05) is 41.5 Å². The van der Waals surface area contributed by atoms with Gasteiger partial charge in [0, 0.05) is 18.5 Å². The third-order valence-electron chi connectivity index (χ3n) is 3.83. The highest BCUT2D eigenvalue weighted by Gasteiger charge is 2.28. The van der Waals surface area contributed by atoms with Crippen LogP contribution in [0.15, 0.2) is 12.1 Å². The summed E-state index contributed by atoms with van der Waals surface area (Å²) in [6.07, 6.45) is -0.431. The first-order valence-corrected chi connectivity index (χ1v) is 7.85. The van der Waals surface area contributed by atoms with Gasteiger partial charge in [-0.3, -0.25) is 0 Å². The van der Waals surface area contributed by atoms with E-state index in [1.165, 1.54) is 0 Å². The second-order valence-electron chi connectivity index (χ2n) is 7.26. The number of ether oxygens (including phenoxy) is 2. The Bertz CT molecular complexity index is 541. The highest BCUT2D eigenvalue weighted by molar-refractivity contribution is 5.68. The van der Waals surface area contributed by atoms with Crippen molar-refractivity contribution < 1.29 is 14.3 Å². The minimum Gasteiger partial charge on any atom is -0.496 e. The Kier molecular flexibility index (Phi) is 6.05. The summed E-state index contributed by atoms with van der Waals surface area (Å²) < 4.78 is 10.7. The van der Waals surface area contributed by atoms with Gasteiger partial charge < -0.3 is 20.5 Å². The van der Waals surface area contributed by atoms with Gasteiger partial charge in [0.1, 0.15) is 11.4 Å². The van der Waals surface area contributed by atoms with Gasteiger partial charge in [0.05, 0.1) is 7.11 Å². The average molecular weight is 322 g/mol. The van der Waals surface area contributed by atoms with Crippen LogP contribution in [0.3, 0.4) is 0 Å². The number of benzene rings is 1. The lowest BCUT2D eigenvalue weighted by atomic mass is 9.81. The van der Waals surface area contributed by atoms with Crippen molar-refractivity contribution in [1.82, 2.24) is 5.32 Å². The quantitative estimate of drug-likeness (QED) is 0.874. The number of carbonyl (C=O) groups is 1. The van der Waals surface area contributed by atoms with Crippen molar-refractivity contribution in [3.05, 3.63) is 28.8 Å². The predicted octanol–water partition coefficient (Wildman–Crippen LogP) is 3.05. The number of amides is 1. The van der Waals surface area contributed by atoms with E-state index < -0.39 is 11.7 Å². The number of nitrogens with two attached hydrogens (primary N) is 1. The molecule has 3 N–H and O–H groups in total. The fraction of sp³-hybridized carbons (Fsp3) is 0.611. The number of hydrogen-bond acceptors (Lipinski definition) is 4. The van der Waals surface area contributed by atoms with Crippen molar-refractivity contribution in [3.63, 3.8) is 0 Å². The van der Waals surface area contributed by atoms with E-state index in [9.17, 15) is 4.79 Å². The van der Waals surface area contributed by atoms with Gasteiger partial charge in [0.2, 0.25) is 0 Å². The molecule has 0 aromatic heterocycles. The van der Waals surface area contributed by atoms with E-state index in [0.29, 0.717) is 13.1 Å². The fourth-order valence-electron chi connectivity index (χ4n) is 2.49. The molecule has 1 rings (SSSR count). The van der Waals surface area contributed by atoms with E-state index in [2.05, 4.69) is 17.4 Å². The molecule has 130 valence electrons. The summed E-state index contributed by atoms with van der Waals surface area (Å²) >= 11 is 0. The molecule has 0 aliphatic carbocycles.